The fourth-order valence-corrected chi connectivity index (χ4v) is 6.91. The first-order valence-electron chi connectivity index (χ1n) is 11.4. The zero-order chi connectivity index (χ0) is 24.5. The Morgan fingerprint density at radius 1 is 1.29 bits per heavy atom. The molecular weight excluding hydrogens is 498 g/mol. The van der Waals surface area contributed by atoms with Crippen LogP contribution < -0.4 is 10.9 Å². The zero-order valence-electron chi connectivity index (χ0n) is 19.2. The number of fused-ring (bicyclic) bond motifs is 3. The molecule has 0 radical (unpaired) electrons. The molecule has 0 aliphatic heterocycles. The number of benzene rings is 2. The lowest BCUT2D eigenvalue weighted by molar-refractivity contribution is -0.115. The molecule has 1 amide bonds. The van der Waals surface area contributed by atoms with Gasteiger partial charge in [0.2, 0.25) is 5.91 Å². The van der Waals surface area contributed by atoms with Crippen LogP contribution >= 0.6 is 34.7 Å². The largest absolute Gasteiger partial charge is 0.325 e. The Bertz CT molecular complexity index is 1490. The number of nitrogens with zero attached hydrogens (tertiary/aromatic N) is 2. The van der Waals surface area contributed by atoms with Crippen LogP contribution in [0.25, 0.3) is 10.2 Å². The number of hydrogen-bond donors (Lipinski definition) is 1. The minimum atomic E-state index is -0.622. The summed E-state index contributed by atoms with van der Waals surface area (Å²) in [7, 11) is 0. The minimum absolute atomic E-state index is 0.0608. The Kier molecular flexibility index (Phi) is 6.82. The molecule has 5 rings (SSSR count). The normalized spacial score (nSPS) is 13.5. The monoisotopic (exact) mass is 521 g/mol. The van der Waals surface area contributed by atoms with Crippen LogP contribution in [0.3, 0.4) is 0 Å². The van der Waals surface area contributed by atoms with Crippen LogP contribution in [0, 0.1) is 6.92 Å². The van der Waals surface area contributed by atoms with Crippen molar-refractivity contribution in [2.24, 2.45) is 0 Å². The molecule has 2 heterocycles. The Morgan fingerprint density at radius 2 is 2.09 bits per heavy atom. The van der Waals surface area contributed by atoms with Crippen LogP contribution in [0.15, 0.2) is 71.1 Å². The second-order valence-corrected chi connectivity index (χ2v) is 11.1. The molecule has 1 aliphatic carbocycles. The van der Waals surface area contributed by atoms with Crippen molar-refractivity contribution >= 4 is 56.5 Å². The van der Waals surface area contributed by atoms with E-state index < -0.39 is 5.25 Å². The number of aryl methyl sites for hydroxylation is 3. The summed E-state index contributed by atoms with van der Waals surface area (Å²) in [5.41, 5.74) is 3.46. The van der Waals surface area contributed by atoms with E-state index in [0.29, 0.717) is 22.4 Å². The minimum Gasteiger partial charge on any atom is -0.325 e. The van der Waals surface area contributed by atoms with Crippen LogP contribution in [-0.2, 0) is 24.2 Å². The predicted molar refractivity (Wildman–Crippen MR) is 146 cm³/mol. The highest BCUT2D eigenvalue weighted by Crippen LogP contribution is 2.39. The molecule has 1 N–H and O–H groups in total. The van der Waals surface area contributed by atoms with E-state index in [1.54, 1.807) is 28.0 Å². The molecule has 0 spiro atoms. The first kappa shape index (κ1) is 23.9. The van der Waals surface area contributed by atoms with E-state index in [0.717, 1.165) is 46.2 Å². The van der Waals surface area contributed by atoms with Crippen molar-refractivity contribution in [2.75, 3.05) is 5.32 Å². The van der Waals surface area contributed by atoms with Crippen LogP contribution in [0.1, 0.15) is 33.2 Å². The van der Waals surface area contributed by atoms with Gasteiger partial charge in [-0.25, -0.2) is 4.98 Å². The molecule has 1 aliphatic rings. The quantitative estimate of drug-likeness (QED) is 0.170. The van der Waals surface area contributed by atoms with Gasteiger partial charge >= 0.3 is 0 Å². The summed E-state index contributed by atoms with van der Waals surface area (Å²) >= 11 is 9.15. The maximum atomic E-state index is 13.6. The molecule has 5 nitrogen and oxygen atoms in total. The number of nitrogens with one attached hydrogen (secondary N) is 1. The summed E-state index contributed by atoms with van der Waals surface area (Å²) in [6.07, 6.45) is 4.68. The smallest absolute Gasteiger partial charge is 0.263 e. The number of aromatic nitrogens is 2. The Morgan fingerprint density at radius 3 is 2.83 bits per heavy atom. The van der Waals surface area contributed by atoms with Gasteiger partial charge in [-0.3, -0.25) is 14.2 Å². The van der Waals surface area contributed by atoms with E-state index in [-0.39, 0.29) is 11.5 Å². The summed E-state index contributed by atoms with van der Waals surface area (Å²) in [6.45, 7) is 6.08. The number of halogens is 1. The topological polar surface area (TPSA) is 64.0 Å². The molecule has 35 heavy (non-hydrogen) atoms. The molecule has 0 saturated heterocycles. The van der Waals surface area contributed by atoms with Gasteiger partial charge in [0.05, 0.1) is 5.39 Å². The van der Waals surface area contributed by atoms with Gasteiger partial charge in [-0.2, -0.15) is 0 Å². The highest BCUT2D eigenvalue weighted by molar-refractivity contribution is 8.00. The number of thiophene rings is 1. The lowest BCUT2D eigenvalue weighted by Crippen LogP contribution is -2.25. The Hall–Kier alpha value is -2.87. The first-order chi connectivity index (χ1) is 17.0. The highest BCUT2D eigenvalue weighted by Gasteiger charge is 2.28. The lowest BCUT2D eigenvalue weighted by atomic mass is 10.1. The fraction of sp³-hybridized carbons (Fsp3) is 0.222. The van der Waals surface area contributed by atoms with E-state index in [4.69, 9.17) is 16.6 Å². The summed E-state index contributed by atoms with van der Waals surface area (Å²) in [4.78, 5) is 34.0. The number of amides is 1. The molecule has 2 aromatic heterocycles. The third-order valence-electron chi connectivity index (χ3n) is 6.10. The van der Waals surface area contributed by atoms with Gasteiger partial charge < -0.3 is 5.32 Å². The van der Waals surface area contributed by atoms with Gasteiger partial charge in [-0.15, -0.1) is 17.9 Å². The molecule has 178 valence electrons. The maximum Gasteiger partial charge on any atom is 0.263 e. The lowest BCUT2D eigenvalue weighted by Gasteiger charge is -2.19. The van der Waals surface area contributed by atoms with Crippen LogP contribution in [0.4, 0.5) is 5.69 Å². The average Bonchev–Trinajstić information content (AvgIpc) is 3.43. The third-order valence-corrected chi connectivity index (χ3v) is 8.94. The van der Waals surface area contributed by atoms with Crippen molar-refractivity contribution in [2.45, 2.75) is 43.1 Å². The number of allylic oxidation sites excluding steroid dienone is 1. The van der Waals surface area contributed by atoms with Crippen molar-refractivity contribution in [1.82, 2.24) is 9.55 Å². The van der Waals surface area contributed by atoms with Crippen molar-refractivity contribution in [3.05, 3.63) is 98.1 Å². The molecule has 1 atom stereocenters. The second kappa shape index (κ2) is 10.0. The fourth-order valence-electron chi connectivity index (χ4n) is 4.32. The van der Waals surface area contributed by atoms with Crippen LogP contribution in [0.5, 0.6) is 0 Å². The number of anilines is 1. The SMILES string of the molecule is C=CCn1c(S[C@H](C(=O)Nc2ccc(C)c(Cl)c2)c2ccccc2)nc2sc3c(c2c1=O)CCC3. The van der Waals surface area contributed by atoms with Crippen molar-refractivity contribution in [3.63, 3.8) is 0 Å². The second-order valence-electron chi connectivity index (χ2n) is 8.50. The summed E-state index contributed by atoms with van der Waals surface area (Å²) < 4.78 is 1.64. The molecule has 0 fully saturated rings. The number of hydrogen-bond acceptors (Lipinski definition) is 5. The van der Waals surface area contributed by atoms with E-state index in [1.807, 2.05) is 49.4 Å². The summed E-state index contributed by atoms with van der Waals surface area (Å²) in [5, 5.41) is 4.19. The predicted octanol–water partition coefficient (Wildman–Crippen LogP) is 6.57. The number of rotatable bonds is 7. The molecule has 8 heteroatoms. The molecule has 0 unspecified atom stereocenters. The number of thioether (sulfide) groups is 1. The number of carbonyl (C=O) groups is 1. The summed E-state index contributed by atoms with van der Waals surface area (Å²) in [5.74, 6) is -0.214. The Balaban J connectivity index is 1.56. The van der Waals surface area contributed by atoms with Gasteiger partial charge in [-0.05, 0) is 55.0 Å². The average molecular weight is 522 g/mol. The number of carbonyl (C=O) groups excluding carboxylic acids is 1. The molecule has 0 saturated carbocycles. The first-order valence-corrected chi connectivity index (χ1v) is 13.5. The van der Waals surface area contributed by atoms with Crippen molar-refractivity contribution < 1.29 is 4.79 Å². The molecular formula is C27H24ClN3O2S2. The summed E-state index contributed by atoms with van der Waals surface area (Å²) in [6, 6.07) is 15.0. The van der Waals surface area contributed by atoms with E-state index in [9.17, 15) is 9.59 Å². The molecule has 0 bridgehead atoms. The van der Waals surface area contributed by atoms with Gasteiger partial charge in [0, 0.05) is 22.1 Å². The third kappa shape index (κ3) is 4.68. The van der Waals surface area contributed by atoms with Crippen LogP contribution in [-0.4, -0.2) is 15.5 Å². The van der Waals surface area contributed by atoms with Gasteiger partial charge in [-0.1, -0.05) is 65.8 Å². The maximum absolute atomic E-state index is 13.6. The zero-order valence-corrected chi connectivity index (χ0v) is 21.6. The van der Waals surface area contributed by atoms with Gasteiger partial charge in [0.1, 0.15) is 10.1 Å². The van der Waals surface area contributed by atoms with Gasteiger partial charge in [0.15, 0.2) is 5.16 Å². The van der Waals surface area contributed by atoms with Crippen molar-refractivity contribution in [1.29, 1.82) is 0 Å². The van der Waals surface area contributed by atoms with E-state index >= 15 is 0 Å². The Labute approximate surface area is 216 Å². The van der Waals surface area contributed by atoms with Gasteiger partial charge in [0.25, 0.3) is 5.56 Å². The van der Waals surface area contributed by atoms with Crippen molar-refractivity contribution in [3.8, 4) is 0 Å². The highest BCUT2D eigenvalue weighted by atomic mass is 35.5. The molecule has 4 aromatic rings. The van der Waals surface area contributed by atoms with E-state index in [1.165, 1.54) is 16.6 Å². The van der Waals surface area contributed by atoms with E-state index in [2.05, 4.69) is 11.9 Å². The molecule has 2 aromatic carbocycles. The standard InChI is InChI=1S/C27H24ClN3O2S2/c1-3-14-31-26(33)22-19-10-7-11-21(19)34-25(22)30-27(31)35-23(17-8-5-4-6-9-17)24(32)29-18-13-12-16(2)20(28)15-18/h3-6,8-9,12-13,15,23H,1,7,10-11,14H2,2H3,(H,29,32)/t23-/m0/s1. The van der Waals surface area contributed by atoms with Crippen LogP contribution in [0.2, 0.25) is 5.02 Å².